The van der Waals surface area contributed by atoms with E-state index in [0.29, 0.717) is 11.8 Å². The van der Waals surface area contributed by atoms with Gasteiger partial charge in [-0.25, -0.2) is 0 Å². The summed E-state index contributed by atoms with van der Waals surface area (Å²) in [5.41, 5.74) is 6.20. The number of ether oxygens (including phenoxy) is 1. The van der Waals surface area contributed by atoms with Crippen LogP contribution in [0.25, 0.3) is 0 Å². The second kappa shape index (κ2) is 6.58. The fraction of sp³-hybridized carbons (Fsp3) is 1.00. The molecule has 0 amide bonds. The van der Waals surface area contributed by atoms with Gasteiger partial charge in [0.2, 0.25) is 0 Å². The molecule has 1 rings (SSSR count). The van der Waals surface area contributed by atoms with Crippen LogP contribution in [0.3, 0.4) is 0 Å². The van der Waals surface area contributed by atoms with E-state index in [2.05, 4.69) is 19.2 Å². The van der Waals surface area contributed by atoms with Gasteiger partial charge in [0, 0.05) is 25.7 Å². The topological polar surface area (TPSA) is 47.3 Å². The number of nitrogens with two attached hydrogens (primary N) is 1. The van der Waals surface area contributed by atoms with Gasteiger partial charge in [0.25, 0.3) is 0 Å². The molecule has 0 radical (unpaired) electrons. The zero-order valence-corrected chi connectivity index (χ0v) is 11.1. The van der Waals surface area contributed by atoms with Crippen molar-refractivity contribution in [3.63, 3.8) is 0 Å². The fourth-order valence-electron chi connectivity index (χ4n) is 3.18. The van der Waals surface area contributed by atoms with Gasteiger partial charge in [0.1, 0.15) is 0 Å². The lowest BCUT2D eigenvalue weighted by Gasteiger charge is -2.46. The molecule has 0 bridgehead atoms. The van der Waals surface area contributed by atoms with Crippen LogP contribution in [-0.4, -0.2) is 32.3 Å². The van der Waals surface area contributed by atoms with Gasteiger partial charge in [-0.05, 0) is 24.7 Å². The Labute approximate surface area is 100 Å². The van der Waals surface area contributed by atoms with Crippen molar-refractivity contribution in [2.45, 2.75) is 45.1 Å². The molecule has 0 aliphatic heterocycles. The summed E-state index contributed by atoms with van der Waals surface area (Å²) < 4.78 is 5.11. The summed E-state index contributed by atoms with van der Waals surface area (Å²) in [5.74, 6) is 1.42. The van der Waals surface area contributed by atoms with Crippen molar-refractivity contribution in [3.8, 4) is 0 Å². The molecule has 0 aromatic rings. The Kier molecular flexibility index (Phi) is 5.73. The third-order valence-corrected chi connectivity index (χ3v) is 4.05. The van der Waals surface area contributed by atoms with Crippen LogP contribution in [0.4, 0.5) is 0 Å². The lowest BCUT2D eigenvalue weighted by Crippen LogP contribution is -2.59. The molecular formula is C13H28N2O. The van der Waals surface area contributed by atoms with Crippen molar-refractivity contribution in [2.75, 3.05) is 26.8 Å². The molecule has 2 atom stereocenters. The fourth-order valence-corrected chi connectivity index (χ4v) is 3.18. The van der Waals surface area contributed by atoms with E-state index in [9.17, 15) is 0 Å². The van der Waals surface area contributed by atoms with E-state index >= 15 is 0 Å². The molecule has 1 fully saturated rings. The lowest BCUT2D eigenvalue weighted by atomic mass is 9.68. The molecule has 1 saturated carbocycles. The number of hydrogen-bond acceptors (Lipinski definition) is 3. The van der Waals surface area contributed by atoms with Gasteiger partial charge < -0.3 is 15.8 Å². The zero-order chi connectivity index (χ0) is 12.0. The van der Waals surface area contributed by atoms with Crippen molar-refractivity contribution in [2.24, 2.45) is 17.6 Å². The highest BCUT2D eigenvalue weighted by atomic mass is 16.5. The van der Waals surface area contributed by atoms with E-state index in [-0.39, 0.29) is 5.54 Å². The molecule has 2 unspecified atom stereocenters. The highest BCUT2D eigenvalue weighted by molar-refractivity contribution is 4.99. The van der Waals surface area contributed by atoms with E-state index in [1.807, 2.05) is 0 Å². The normalized spacial score (nSPS) is 30.9. The monoisotopic (exact) mass is 228 g/mol. The third kappa shape index (κ3) is 3.19. The Morgan fingerprint density at radius 1 is 1.44 bits per heavy atom. The maximum atomic E-state index is 6.05. The van der Waals surface area contributed by atoms with E-state index in [0.717, 1.165) is 19.7 Å². The van der Waals surface area contributed by atoms with Crippen molar-refractivity contribution in [1.29, 1.82) is 0 Å². The molecular weight excluding hydrogens is 200 g/mol. The number of nitrogens with one attached hydrogen (secondary N) is 1. The summed E-state index contributed by atoms with van der Waals surface area (Å²) in [5, 5.41) is 3.67. The van der Waals surface area contributed by atoms with Crippen molar-refractivity contribution in [1.82, 2.24) is 5.32 Å². The van der Waals surface area contributed by atoms with Crippen LogP contribution in [0.5, 0.6) is 0 Å². The third-order valence-electron chi connectivity index (χ3n) is 4.05. The first-order valence-electron chi connectivity index (χ1n) is 6.60. The van der Waals surface area contributed by atoms with Crippen molar-refractivity contribution in [3.05, 3.63) is 0 Å². The zero-order valence-electron chi connectivity index (χ0n) is 11.1. The predicted octanol–water partition coefficient (Wildman–Crippen LogP) is 1.77. The van der Waals surface area contributed by atoms with Gasteiger partial charge in [-0.2, -0.15) is 0 Å². The Morgan fingerprint density at radius 2 is 2.19 bits per heavy atom. The molecule has 3 nitrogen and oxygen atoms in total. The number of rotatable bonds is 6. The SMILES string of the molecule is COCCNC1(CN)CCCCC1C(C)C. The minimum Gasteiger partial charge on any atom is -0.383 e. The van der Waals surface area contributed by atoms with E-state index in [1.165, 1.54) is 25.7 Å². The average molecular weight is 228 g/mol. The molecule has 0 aromatic carbocycles. The maximum Gasteiger partial charge on any atom is 0.0587 e. The Balaban J connectivity index is 2.63. The van der Waals surface area contributed by atoms with Crippen molar-refractivity contribution < 1.29 is 4.74 Å². The van der Waals surface area contributed by atoms with Gasteiger partial charge in [0.15, 0.2) is 0 Å². The Morgan fingerprint density at radius 3 is 2.75 bits per heavy atom. The minimum atomic E-state index is 0.158. The summed E-state index contributed by atoms with van der Waals surface area (Å²) in [6.07, 6.45) is 5.20. The summed E-state index contributed by atoms with van der Waals surface area (Å²) >= 11 is 0. The number of methoxy groups -OCH3 is 1. The average Bonchev–Trinajstić information content (AvgIpc) is 2.29. The highest BCUT2D eigenvalue weighted by Crippen LogP contribution is 2.37. The largest absolute Gasteiger partial charge is 0.383 e. The molecule has 96 valence electrons. The molecule has 1 aliphatic rings. The molecule has 0 spiro atoms. The van der Waals surface area contributed by atoms with E-state index in [4.69, 9.17) is 10.5 Å². The summed E-state index contributed by atoms with van der Waals surface area (Å²) in [6.45, 7) is 7.07. The summed E-state index contributed by atoms with van der Waals surface area (Å²) in [4.78, 5) is 0. The first kappa shape index (κ1) is 13.9. The van der Waals surface area contributed by atoms with Crippen LogP contribution in [0.1, 0.15) is 39.5 Å². The molecule has 0 aromatic heterocycles. The van der Waals surface area contributed by atoms with E-state index in [1.54, 1.807) is 7.11 Å². The van der Waals surface area contributed by atoms with E-state index < -0.39 is 0 Å². The quantitative estimate of drug-likeness (QED) is 0.681. The second-order valence-electron chi connectivity index (χ2n) is 5.38. The molecule has 3 heteroatoms. The van der Waals surface area contributed by atoms with Gasteiger partial charge in [0.05, 0.1) is 6.61 Å². The van der Waals surface area contributed by atoms with Gasteiger partial charge >= 0.3 is 0 Å². The standard InChI is InChI=1S/C13H28N2O/c1-11(2)12-6-4-5-7-13(12,10-14)15-8-9-16-3/h11-12,15H,4-10,14H2,1-3H3. The first-order valence-corrected chi connectivity index (χ1v) is 6.60. The Hall–Kier alpha value is -0.120. The molecule has 1 aliphatic carbocycles. The van der Waals surface area contributed by atoms with Crippen LogP contribution in [0.15, 0.2) is 0 Å². The molecule has 16 heavy (non-hydrogen) atoms. The van der Waals surface area contributed by atoms with Crippen LogP contribution in [0, 0.1) is 11.8 Å². The lowest BCUT2D eigenvalue weighted by molar-refractivity contribution is 0.0958. The van der Waals surface area contributed by atoms with Crippen LogP contribution < -0.4 is 11.1 Å². The maximum absolute atomic E-state index is 6.05. The summed E-state index contributed by atoms with van der Waals surface area (Å²) in [6, 6.07) is 0. The van der Waals surface area contributed by atoms with Crippen LogP contribution in [0.2, 0.25) is 0 Å². The van der Waals surface area contributed by atoms with Crippen molar-refractivity contribution >= 4 is 0 Å². The predicted molar refractivity (Wildman–Crippen MR) is 68.5 cm³/mol. The minimum absolute atomic E-state index is 0.158. The smallest absolute Gasteiger partial charge is 0.0587 e. The van der Waals surface area contributed by atoms with Gasteiger partial charge in [-0.15, -0.1) is 0 Å². The highest BCUT2D eigenvalue weighted by Gasteiger charge is 2.40. The van der Waals surface area contributed by atoms with Gasteiger partial charge in [-0.1, -0.05) is 26.7 Å². The first-order chi connectivity index (χ1) is 7.66. The second-order valence-corrected chi connectivity index (χ2v) is 5.38. The molecule has 0 heterocycles. The Bertz CT molecular complexity index is 196. The molecule has 3 N–H and O–H groups in total. The summed E-state index contributed by atoms with van der Waals surface area (Å²) in [7, 11) is 1.75. The number of hydrogen-bond donors (Lipinski definition) is 2. The molecule has 0 saturated heterocycles. The van der Waals surface area contributed by atoms with Crippen LogP contribution in [-0.2, 0) is 4.74 Å². The van der Waals surface area contributed by atoms with Gasteiger partial charge in [-0.3, -0.25) is 0 Å². The van der Waals surface area contributed by atoms with Crippen LogP contribution >= 0.6 is 0 Å².